The van der Waals surface area contributed by atoms with Crippen molar-refractivity contribution in [1.29, 1.82) is 0 Å². The summed E-state index contributed by atoms with van der Waals surface area (Å²) in [6.45, 7) is 6.35. The maximum Gasteiger partial charge on any atom is 0.258 e. The molecule has 6 heteroatoms. The first-order chi connectivity index (χ1) is 17.0. The smallest absolute Gasteiger partial charge is 0.258 e. The molecule has 35 heavy (non-hydrogen) atoms. The molecule has 0 saturated carbocycles. The highest BCUT2D eigenvalue weighted by Gasteiger charge is 2.26. The summed E-state index contributed by atoms with van der Waals surface area (Å²) in [5.41, 5.74) is 4.75. The van der Waals surface area contributed by atoms with E-state index in [0.29, 0.717) is 12.3 Å². The number of rotatable bonds is 9. The topological polar surface area (TPSA) is 48.1 Å². The molecule has 1 amide bonds. The quantitative estimate of drug-likeness (QED) is 0.508. The first-order valence-electron chi connectivity index (χ1n) is 12.3. The summed E-state index contributed by atoms with van der Waals surface area (Å²) < 4.78 is 5.70. The first kappa shape index (κ1) is 24.6. The van der Waals surface area contributed by atoms with Crippen LogP contribution in [0.5, 0.6) is 5.75 Å². The molecule has 0 aromatic heterocycles. The van der Waals surface area contributed by atoms with E-state index >= 15 is 0 Å². The van der Waals surface area contributed by atoms with Gasteiger partial charge in [0.1, 0.15) is 5.75 Å². The van der Waals surface area contributed by atoms with E-state index in [1.54, 1.807) is 0 Å². The van der Waals surface area contributed by atoms with Crippen LogP contribution >= 0.6 is 0 Å². The number of carbonyl (C=O) groups excluding carboxylic acids is 1. The number of piperazine rings is 1. The summed E-state index contributed by atoms with van der Waals surface area (Å²) in [6, 6.07) is 27.1. The van der Waals surface area contributed by atoms with Gasteiger partial charge in [0.2, 0.25) is 0 Å². The largest absolute Gasteiger partial charge is 0.484 e. The predicted molar refractivity (Wildman–Crippen MR) is 143 cm³/mol. The maximum atomic E-state index is 12.6. The Morgan fingerprint density at radius 1 is 0.943 bits per heavy atom. The second-order valence-corrected chi connectivity index (χ2v) is 9.27. The van der Waals surface area contributed by atoms with Gasteiger partial charge in [-0.25, -0.2) is 0 Å². The van der Waals surface area contributed by atoms with Crippen molar-refractivity contribution in [3.63, 3.8) is 0 Å². The summed E-state index contributed by atoms with van der Waals surface area (Å²) in [6.07, 6.45) is 0. The second kappa shape index (κ2) is 11.8. The molecular weight excluding hydrogens is 436 g/mol. The minimum Gasteiger partial charge on any atom is -0.484 e. The van der Waals surface area contributed by atoms with Crippen molar-refractivity contribution in [3.05, 3.63) is 90.0 Å². The van der Waals surface area contributed by atoms with Crippen LogP contribution in [0.1, 0.15) is 17.2 Å². The molecule has 1 saturated heterocycles. The van der Waals surface area contributed by atoms with Gasteiger partial charge in [-0.2, -0.15) is 0 Å². The fraction of sp³-hybridized carbons (Fsp3) is 0.345. The number of nitrogens with zero attached hydrogens (tertiary/aromatic N) is 3. The van der Waals surface area contributed by atoms with Gasteiger partial charge in [-0.1, -0.05) is 42.5 Å². The Morgan fingerprint density at radius 3 is 2.31 bits per heavy atom. The van der Waals surface area contributed by atoms with Crippen LogP contribution in [-0.2, 0) is 4.79 Å². The third kappa shape index (κ3) is 6.76. The lowest BCUT2D eigenvalue weighted by Gasteiger charge is -2.40. The molecule has 3 aromatic rings. The van der Waals surface area contributed by atoms with E-state index in [0.717, 1.165) is 37.4 Å². The molecule has 3 aromatic carbocycles. The summed E-state index contributed by atoms with van der Waals surface area (Å²) in [5, 5.41) is 3.11. The Morgan fingerprint density at radius 2 is 1.66 bits per heavy atom. The second-order valence-electron chi connectivity index (χ2n) is 9.27. The summed E-state index contributed by atoms with van der Waals surface area (Å²) >= 11 is 0. The molecule has 1 heterocycles. The van der Waals surface area contributed by atoms with E-state index in [1.165, 1.54) is 11.3 Å². The zero-order valence-corrected chi connectivity index (χ0v) is 21.0. The molecule has 1 aliphatic heterocycles. The minimum atomic E-state index is -0.107. The lowest BCUT2D eigenvalue weighted by Crippen LogP contribution is -2.50. The molecule has 0 radical (unpaired) electrons. The third-order valence-corrected chi connectivity index (χ3v) is 6.52. The third-order valence-electron chi connectivity index (χ3n) is 6.52. The SMILES string of the molecule is Cc1cccc(OCC(=O)NCC(c2ccc(N(C)C)cc2)N2CCN(c3ccccc3)CC2)c1. The lowest BCUT2D eigenvalue weighted by molar-refractivity contribution is -0.123. The zero-order chi connectivity index (χ0) is 24.6. The molecule has 0 bridgehead atoms. The van der Waals surface area contributed by atoms with Gasteiger partial charge in [0.15, 0.2) is 6.61 Å². The van der Waals surface area contributed by atoms with Gasteiger partial charge in [-0.3, -0.25) is 9.69 Å². The van der Waals surface area contributed by atoms with E-state index in [1.807, 2.05) is 45.3 Å². The Labute approximate surface area is 209 Å². The monoisotopic (exact) mass is 472 g/mol. The van der Waals surface area contributed by atoms with Crippen molar-refractivity contribution < 1.29 is 9.53 Å². The van der Waals surface area contributed by atoms with Gasteiger partial charge < -0.3 is 19.9 Å². The molecule has 1 fully saturated rings. The number of hydrogen-bond donors (Lipinski definition) is 1. The average molecular weight is 473 g/mol. The Kier molecular flexibility index (Phi) is 8.27. The highest BCUT2D eigenvalue weighted by atomic mass is 16.5. The number of ether oxygens (including phenoxy) is 1. The molecule has 184 valence electrons. The first-order valence-corrected chi connectivity index (χ1v) is 12.3. The zero-order valence-electron chi connectivity index (χ0n) is 21.0. The predicted octanol–water partition coefficient (Wildman–Crippen LogP) is 4.12. The Hall–Kier alpha value is -3.51. The van der Waals surface area contributed by atoms with Crippen LogP contribution in [-0.4, -0.2) is 64.2 Å². The van der Waals surface area contributed by atoms with E-state index in [-0.39, 0.29) is 18.6 Å². The van der Waals surface area contributed by atoms with E-state index in [4.69, 9.17) is 4.74 Å². The maximum absolute atomic E-state index is 12.6. The van der Waals surface area contributed by atoms with Crippen LogP contribution in [0.15, 0.2) is 78.9 Å². The molecular formula is C29H36N4O2. The molecule has 6 nitrogen and oxygen atoms in total. The number of hydrogen-bond acceptors (Lipinski definition) is 5. The van der Waals surface area contributed by atoms with Gasteiger partial charge in [-0.05, 0) is 54.4 Å². The van der Waals surface area contributed by atoms with Crippen LogP contribution in [0.2, 0.25) is 0 Å². The lowest BCUT2D eigenvalue weighted by atomic mass is 10.0. The average Bonchev–Trinajstić information content (AvgIpc) is 2.89. The van der Waals surface area contributed by atoms with Gasteiger partial charge in [0.25, 0.3) is 5.91 Å². The fourth-order valence-electron chi connectivity index (χ4n) is 4.50. The van der Waals surface area contributed by atoms with Gasteiger partial charge in [0.05, 0.1) is 6.04 Å². The number of anilines is 2. The van der Waals surface area contributed by atoms with Gasteiger partial charge in [0, 0.05) is 58.2 Å². The highest BCUT2D eigenvalue weighted by molar-refractivity contribution is 5.77. The standard InChI is InChI=1S/C29H36N4O2/c1-23-8-7-11-27(20-23)35-22-29(34)30-21-28(24-12-14-25(15-13-24)31(2)3)33-18-16-32(17-19-33)26-9-5-4-6-10-26/h4-15,20,28H,16-19,21-22H2,1-3H3,(H,30,34). The van der Waals surface area contributed by atoms with Crippen LogP contribution in [0.3, 0.4) is 0 Å². The normalized spacial score (nSPS) is 14.9. The molecule has 1 atom stereocenters. The number of nitrogens with one attached hydrogen (secondary N) is 1. The molecule has 1 N–H and O–H groups in total. The van der Waals surface area contributed by atoms with E-state index in [2.05, 4.69) is 74.6 Å². The van der Waals surface area contributed by atoms with Crippen LogP contribution in [0, 0.1) is 6.92 Å². The molecule has 1 aliphatic rings. The summed E-state index contributed by atoms with van der Waals surface area (Å²) in [5.74, 6) is 0.609. The fourth-order valence-corrected chi connectivity index (χ4v) is 4.50. The van der Waals surface area contributed by atoms with Crippen LogP contribution in [0.4, 0.5) is 11.4 Å². The molecule has 1 unspecified atom stereocenters. The number of benzene rings is 3. The highest BCUT2D eigenvalue weighted by Crippen LogP contribution is 2.25. The van der Waals surface area contributed by atoms with Crippen molar-refractivity contribution in [2.75, 3.05) is 63.2 Å². The van der Waals surface area contributed by atoms with Crippen molar-refractivity contribution in [2.24, 2.45) is 0 Å². The van der Waals surface area contributed by atoms with Gasteiger partial charge >= 0.3 is 0 Å². The van der Waals surface area contributed by atoms with Crippen molar-refractivity contribution in [1.82, 2.24) is 10.2 Å². The molecule has 0 spiro atoms. The van der Waals surface area contributed by atoms with Crippen LogP contribution < -0.4 is 19.9 Å². The number of amides is 1. The van der Waals surface area contributed by atoms with Crippen molar-refractivity contribution >= 4 is 17.3 Å². The van der Waals surface area contributed by atoms with Gasteiger partial charge in [-0.15, -0.1) is 0 Å². The summed E-state index contributed by atoms with van der Waals surface area (Å²) in [4.78, 5) is 19.6. The number of carbonyl (C=O) groups is 1. The Bertz CT molecular complexity index is 1080. The van der Waals surface area contributed by atoms with Crippen molar-refractivity contribution in [2.45, 2.75) is 13.0 Å². The van der Waals surface area contributed by atoms with Crippen LogP contribution in [0.25, 0.3) is 0 Å². The summed E-state index contributed by atoms with van der Waals surface area (Å²) in [7, 11) is 4.09. The van der Waals surface area contributed by atoms with E-state index < -0.39 is 0 Å². The molecule has 4 rings (SSSR count). The van der Waals surface area contributed by atoms with Crippen molar-refractivity contribution in [3.8, 4) is 5.75 Å². The van der Waals surface area contributed by atoms with E-state index in [9.17, 15) is 4.79 Å². The number of para-hydroxylation sites is 1. The Balaban J connectivity index is 1.40. The molecule has 0 aliphatic carbocycles. The minimum absolute atomic E-state index is 0.0114. The number of aryl methyl sites for hydroxylation is 1.